The minimum absolute atomic E-state index is 0.901. The van der Waals surface area contributed by atoms with Gasteiger partial charge in [0, 0.05) is 38.0 Å². The Bertz CT molecular complexity index is 2760. The first kappa shape index (κ1) is 24.4. The number of rotatable bonds is 3. The van der Waals surface area contributed by atoms with Gasteiger partial charge in [-0.3, -0.25) is 0 Å². The zero-order chi connectivity index (χ0) is 29.5. The standard InChI is InChI=1S/C42H26N2O/c1-2-12-27(13-3-1)28-14-10-15-29(26-28)43-36-21-8-5-18-34(36)40-37(43)25-24-32-30-16-4-7-20-35(30)44(41(32)40)38-22-11-19-33-31-17-6-9-23-39(31)45-42(33)38/h1-26H. The number of hydrogen-bond acceptors (Lipinski definition) is 1. The Morgan fingerprint density at radius 2 is 1.07 bits per heavy atom. The molecule has 3 heteroatoms. The summed E-state index contributed by atoms with van der Waals surface area (Å²) in [4.78, 5) is 0. The molecule has 0 saturated heterocycles. The summed E-state index contributed by atoms with van der Waals surface area (Å²) in [7, 11) is 0. The van der Waals surface area contributed by atoms with E-state index in [0.29, 0.717) is 0 Å². The van der Waals surface area contributed by atoms with Crippen LogP contribution in [0.2, 0.25) is 0 Å². The van der Waals surface area contributed by atoms with Gasteiger partial charge in [-0.25, -0.2) is 0 Å². The number of fused-ring (bicyclic) bond motifs is 10. The second-order valence-corrected chi connectivity index (χ2v) is 11.7. The van der Waals surface area contributed by atoms with Crippen LogP contribution in [0.4, 0.5) is 0 Å². The lowest BCUT2D eigenvalue weighted by Crippen LogP contribution is -1.96. The van der Waals surface area contributed by atoms with E-state index in [-0.39, 0.29) is 0 Å². The minimum atomic E-state index is 0.901. The Hall–Kier alpha value is -6.06. The Labute approximate surface area is 258 Å². The Balaban J connectivity index is 1.36. The summed E-state index contributed by atoms with van der Waals surface area (Å²) in [6.07, 6.45) is 0. The lowest BCUT2D eigenvalue weighted by molar-refractivity contribution is 0.666. The fraction of sp³-hybridized carbons (Fsp3) is 0. The quantitative estimate of drug-likeness (QED) is 0.206. The van der Waals surface area contributed by atoms with Crippen LogP contribution < -0.4 is 0 Å². The largest absolute Gasteiger partial charge is 0.454 e. The maximum Gasteiger partial charge on any atom is 0.159 e. The highest BCUT2D eigenvalue weighted by atomic mass is 16.3. The molecule has 3 nitrogen and oxygen atoms in total. The van der Waals surface area contributed by atoms with Gasteiger partial charge in [-0.2, -0.15) is 0 Å². The second-order valence-electron chi connectivity index (χ2n) is 11.7. The molecule has 0 N–H and O–H groups in total. The smallest absolute Gasteiger partial charge is 0.159 e. The first-order valence-electron chi connectivity index (χ1n) is 15.4. The molecule has 3 heterocycles. The van der Waals surface area contributed by atoms with Crippen LogP contribution in [0.3, 0.4) is 0 Å². The van der Waals surface area contributed by atoms with Crippen LogP contribution in [-0.4, -0.2) is 9.13 Å². The zero-order valence-corrected chi connectivity index (χ0v) is 24.3. The highest BCUT2D eigenvalue weighted by molar-refractivity contribution is 6.26. The molecule has 0 spiro atoms. The molecule has 210 valence electrons. The van der Waals surface area contributed by atoms with Gasteiger partial charge in [-0.15, -0.1) is 0 Å². The van der Waals surface area contributed by atoms with Crippen molar-refractivity contribution in [1.29, 1.82) is 0 Å². The fourth-order valence-corrected chi connectivity index (χ4v) is 7.40. The topological polar surface area (TPSA) is 23.0 Å². The van der Waals surface area contributed by atoms with E-state index in [9.17, 15) is 0 Å². The van der Waals surface area contributed by atoms with Gasteiger partial charge in [0.1, 0.15) is 5.58 Å². The molecule has 0 fully saturated rings. The van der Waals surface area contributed by atoms with E-state index >= 15 is 0 Å². The molecule has 0 atom stereocenters. The van der Waals surface area contributed by atoms with Crippen LogP contribution in [0.25, 0.3) is 88.1 Å². The second kappa shape index (κ2) is 9.22. The van der Waals surface area contributed by atoms with Crippen molar-refractivity contribution in [2.24, 2.45) is 0 Å². The number of aromatic nitrogens is 2. The predicted octanol–water partition coefficient (Wildman–Crippen LogP) is 11.4. The number of para-hydroxylation sites is 4. The van der Waals surface area contributed by atoms with E-state index < -0.39 is 0 Å². The van der Waals surface area contributed by atoms with Gasteiger partial charge in [0.25, 0.3) is 0 Å². The summed E-state index contributed by atoms with van der Waals surface area (Å²) < 4.78 is 11.5. The van der Waals surface area contributed by atoms with Crippen molar-refractivity contribution in [1.82, 2.24) is 9.13 Å². The third kappa shape index (κ3) is 3.41. The Kier molecular flexibility index (Phi) is 5.00. The number of nitrogens with zero attached hydrogens (tertiary/aromatic N) is 2. The van der Waals surface area contributed by atoms with E-state index in [4.69, 9.17) is 4.42 Å². The normalized spacial score (nSPS) is 12.0. The maximum absolute atomic E-state index is 6.61. The van der Waals surface area contributed by atoms with Gasteiger partial charge in [0.05, 0.1) is 27.8 Å². The molecule has 0 aliphatic rings. The summed E-state index contributed by atoms with van der Waals surface area (Å²) in [5.41, 5.74) is 11.1. The van der Waals surface area contributed by atoms with Crippen molar-refractivity contribution in [2.45, 2.75) is 0 Å². The zero-order valence-electron chi connectivity index (χ0n) is 24.3. The molecule has 0 saturated carbocycles. The molecule has 0 bridgehead atoms. The number of hydrogen-bond donors (Lipinski definition) is 0. The minimum Gasteiger partial charge on any atom is -0.454 e. The van der Waals surface area contributed by atoms with Crippen molar-refractivity contribution in [3.63, 3.8) is 0 Å². The summed E-state index contributed by atoms with van der Waals surface area (Å²) >= 11 is 0. The fourth-order valence-electron chi connectivity index (χ4n) is 7.40. The van der Waals surface area contributed by atoms with Gasteiger partial charge in [-0.05, 0) is 53.6 Å². The third-order valence-corrected chi connectivity index (χ3v) is 9.31. The van der Waals surface area contributed by atoms with Crippen molar-refractivity contribution < 1.29 is 4.42 Å². The molecule has 10 rings (SSSR count). The lowest BCUT2D eigenvalue weighted by Gasteiger charge is -2.11. The molecule has 10 aromatic rings. The number of furan rings is 1. The van der Waals surface area contributed by atoms with Crippen LogP contribution in [0.15, 0.2) is 162 Å². The lowest BCUT2D eigenvalue weighted by atomic mass is 10.1. The summed E-state index contributed by atoms with van der Waals surface area (Å²) in [5, 5.41) is 7.18. The molecule has 0 aliphatic heterocycles. The van der Waals surface area contributed by atoms with Crippen LogP contribution in [0.5, 0.6) is 0 Å². The first-order chi connectivity index (χ1) is 22.3. The molecular formula is C42H26N2O. The molecule has 0 amide bonds. The first-order valence-corrected chi connectivity index (χ1v) is 15.4. The number of benzene rings is 7. The van der Waals surface area contributed by atoms with Crippen molar-refractivity contribution in [3.05, 3.63) is 158 Å². The van der Waals surface area contributed by atoms with Crippen molar-refractivity contribution >= 4 is 65.6 Å². The van der Waals surface area contributed by atoms with Crippen LogP contribution in [-0.2, 0) is 0 Å². The van der Waals surface area contributed by atoms with Crippen molar-refractivity contribution in [3.8, 4) is 22.5 Å². The molecule has 0 aliphatic carbocycles. The molecule has 0 unspecified atom stereocenters. The van der Waals surface area contributed by atoms with E-state index in [1.165, 1.54) is 49.2 Å². The molecule has 7 aromatic carbocycles. The average Bonchev–Trinajstić information content (AvgIpc) is 3.76. The SMILES string of the molecule is c1ccc(-c2cccc(-n3c4ccccc4c4c3ccc3c5ccccc5n(-c5cccc6c5oc5ccccc56)c34)c2)cc1. The molecular weight excluding hydrogens is 548 g/mol. The van der Waals surface area contributed by atoms with Gasteiger partial charge in [-0.1, -0.05) is 115 Å². The van der Waals surface area contributed by atoms with Gasteiger partial charge in [0.2, 0.25) is 0 Å². The van der Waals surface area contributed by atoms with E-state index in [1.807, 2.05) is 6.07 Å². The van der Waals surface area contributed by atoms with Crippen LogP contribution >= 0.6 is 0 Å². The molecule has 45 heavy (non-hydrogen) atoms. The van der Waals surface area contributed by atoms with Gasteiger partial charge >= 0.3 is 0 Å². The summed E-state index contributed by atoms with van der Waals surface area (Å²) in [6.45, 7) is 0. The highest BCUT2D eigenvalue weighted by Crippen LogP contribution is 2.44. The Morgan fingerprint density at radius 3 is 1.93 bits per heavy atom. The Morgan fingerprint density at radius 1 is 0.400 bits per heavy atom. The van der Waals surface area contributed by atoms with Crippen molar-refractivity contribution in [2.75, 3.05) is 0 Å². The van der Waals surface area contributed by atoms with E-state index in [1.54, 1.807) is 0 Å². The van der Waals surface area contributed by atoms with Gasteiger partial charge < -0.3 is 13.6 Å². The summed E-state index contributed by atoms with van der Waals surface area (Å²) in [5.74, 6) is 0. The van der Waals surface area contributed by atoms with Crippen LogP contribution in [0.1, 0.15) is 0 Å². The van der Waals surface area contributed by atoms with Gasteiger partial charge in [0.15, 0.2) is 5.58 Å². The van der Waals surface area contributed by atoms with E-state index in [0.717, 1.165) is 38.8 Å². The molecule has 3 aromatic heterocycles. The monoisotopic (exact) mass is 574 g/mol. The predicted molar refractivity (Wildman–Crippen MR) is 188 cm³/mol. The summed E-state index contributed by atoms with van der Waals surface area (Å²) in [6, 6.07) is 56.4. The molecule has 0 radical (unpaired) electrons. The maximum atomic E-state index is 6.61. The van der Waals surface area contributed by atoms with Crippen LogP contribution in [0, 0.1) is 0 Å². The third-order valence-electron chi connectivity index (χ3n) is 9.31. The average molecular weight is 575 g/mol. The van der Waals surface area contributed by atoms with E-state index in [2.05, 4.69) is 161 Å². The highest BCUT2D eigenvalue weighted by Gasteiger charge is 2.22.